The molecule has 0 aromatic rings. The van der Waals surface area contributed by atoms with Crippen LogP contribution in [-0.4, -0.2) is 61.0 Å². The topological polar surface area (TPSA) is 44.7 Å². The van der Waals surface area contributed by atoms with Gasteiger partial charge >= 0.3 is 0 Å². The lowest BCUT2D eigenvalue weighted by Gasteiger charge is -2.33. The van der Waals surface area contributed by atoms with E-state index in [1.165, 1.54) is 6.42 Å². The van der Waals surface area contributed by atoms with Crippen molar-refractivity contribution in [1.29, 1.82) is 0 Å². The highest BCUT2D eigenvalue weighted by molar-refractivity contribution is 4.83. The number of hydrogen-bond acceptors (Lipinski definition) is 4. The van der Waals surface area contributed by atoms with Gasteiger partial charge in [0.05, 0.1) is 18.8 Å². The third-order valence-corrected chi connectivity index (χ3v) is 3.38. The van der Waals surface area contributed by atoms with Crippen LogP contribution in [0.4, 0.5) is 0 Å². The summed E-state index contributed by atoms with van der Waals surface area (Å²) in [5, 5.41) is 12.6. The summed E-state index contributed by atoms with van der Waals surface area (Å²) in [6.45, 7) is 6.36. The molecule has 3 atom stereocenters. The zero-order chi connectivity index (χ0) is 10.7. The van der Waals surface area contributed by atoms with Crippen LogP contribution in [0.3, 0.4) is 0 Å². The van der Waals surface area contributed by atoms with Crippen LogP contribution in [0.25, 0.3) is 0 Å². The normalized spacial score (nSPS) is 38.4. The second-order valence-corrected chi connectivity index (χ2v) is 4.70. The molecule has 4 nitrogen and oxygen atoms in total. The van der Waals surface area contributed by atoms with Gasteiger partial charge in [-0.05, 0) is 26.3 Å². The van der Waals surface area contributed by atoms with Crippen molar-refractivity contribution in [3.8, 4) is 0 Å². The number of morpholine rings is 1. The smallest absolute Gasteiger partial charge is 0.0830 e. The number of likely N-dealkylation sites (tertiary alicyclic amines) is 1. The first kappa shape index (κ1) is 11.3. The van der Waals surface area contributed by atoms with Gasteiger partial charge in [-0.2, -0.15) is 0 Å². The molecule has 2 rings (SSSR count). The molecule has 2 aliphatic rings. The number of aliphatic hydroxyl groups excluding tert-OH is 1. The molecule has 88 valence electrons. The minimum absolute atomic E-state index is 0.287. The van der Waals surface area contributed by atoms with Gasteiger partial charge in [-0.1, -0.05) is 0 Å². The minimum atomic E-state index is 0.287. The third-order valence-electron chi connectivity index (χ3n) is 3.38. The van der Waals surface area contributed by atoms with Crippen molar-refractivity contribution < 1.29 is 9.84 Å². The summed E-state index contributed by atoms with van der Waals surface area (Å²) in [5.74, 6) is 0. The van der Waals surface area contributed by atoms with Gasteiger partial charge in [-0.15, -0.1) is 0 Å². The Morgan fingerprint density at radius 3 is 3.07 bits per heavy atom. The molecule has 0 aliphatic carbocycles. The predicted octanol–water partition coefficient (Wildman–Crippen LogP) is -0.180. The third kappa shape index (κ3) is 2.91. The Morgan fingerprint density at radius 2 is 2.33 bits per heavy atom. The highest BCUT2D eigenvalue weighted by Gasteiger charge is 2.28. The molecule has 0 radical (unpaired) electrons. The van der Waals surface area contributed by atoms with Gasteiger partial charge in [0.1, 0.15) is 0 Å². The molecule has 0 spiro atoms. The maximum absolute atomic E-state index is 9.22. The van der Waals surface area contributed by atoms with E-state index in [9.17, 15) is 5.11 Å². The van der Waals surface area contributed by atoms with Crippen LogP contribution < -0.4 is 5.32 Å². The molecule has 0 aromatic heterocycles. The second-order valence-electron chi connectivity index (χ2n) is 4.70. The van der Waals surface area contributed by atoms with Gasteiger partial charge in [0, 0.05) is 25.7 Å². The van der Waals surface area contributed by atoms with Crippen LogP contribution in [-0.2, 0) is 4.74 Å². The molecule has 0 bridgehead atoms. The van der Waals surface area contributed by atoms with Crippen LogP contribution in [0, 0.1) is 0 Å². The zero-order valence-corrected chi connectivity index (χ0v) is 9.48. The maximum atomic E-state index is 9.22. The van der Waals surface area contributed by atoms with Crippen molar-refractivity contribution in [2.75, 3.05) is 32.8 Å². The molecular weight excluding hydrogens is 192 g/mol. The number of hydrogen-bond donors (Lipinski definition) is 2. The number of nitrogens with one attached hydrogen (secondary N) is 1. The summed E-state index contributed by atoms with van der Waals surface area (Å²) < 4.78 is 5.86. The van der Waals surface area contributed by atoms with Crippen molar-refractivity contribution in [2.45, 2.75) is 38.0 Å². The molecule has 0 unspecified atom stereocenters. The van der Waals surface area contributed by atoms with Crippen molar-refractivity contribution in [3.63, 3.8) is 0 Å². The molecule has 2 aliphatic heterocycles. The van der Waals surface area contributed by atoms with Gasteiger partial charge in [0.15, 0.2) is 0 Å². The molecule has 0 aromatic carbocycles. The second kappa shape index (κ2) is 5.25. The molecule has 2 fully saturated rings. The van der Waals surface area contributed by atoms with Gasteiger partial charge in [-0.25, -0.2) is 0 Å². The SMILES string of the molecule is C[C@@H]1CNC[C@@H](CN2CCC[C@@H]2CO)O1. The molecule has 2 saturated heterocycles. The summed E-state index contributed by atoms with van der Waals surface area (Å²) in [4.78, 5) is 2.37. The lowest BCUT2D eigenvalue weighted by atomic mass is 10.2. The predicted molar refractivity (Wildman–Crippen MR) is 58.9 cm³/mol. The van der Waals surface area contributed by atoms with Gasteiger partial charge in [-0.3, -0.25) is 4.90 Å². The van der Waals surface area contributed by atoms with E-state index in [-0.39, 0.29) is 6.61 Å². The van der Waals surface area contributed by atoms with Gasteiger partial charge < -0.3 is 15.2 Å². The molecule has 0 saturated carbocycles. The molecule has 15 heavy (non-hydrogen) atoms. The molecular formula is C11H22N2O2. The van der Waals surface area contributed by atoms with Crippen molar-refractivity contribution in [1.82, 2.24) is 10.2 Å². The van der Waals surface area contributed by atoms with Crippen LogP contribution in [0.2, 0.25) is 0 Å². The Hall–Kier alpha value is -0.160. The van der Waals surface area contributed by atoms with Crippen molar-refractivity contribution >= 4 is 0 Å². The first-order chi connectivity index (χ1) is 7.29. The quantitative estimate of drug-likeness (QED) is 0.684. The van der Waals surface area contributed by atoms with E-state index in [1.807, 2.05) is 0 Å². The number of aliphatic hydroxyl groups is 1. The lowest BCUT2D eigenvalue weighted by molar-refractivity contribution is -0.0460. The largest absolute Gasteiger partial charge is 0.395 e. The van der Waals surface area contributed by atoms with Crippen molar-refractivity contribution in [2.24, 2.45) is 0 Å². The maximum Gasteiger partial charge on any atom is 0.0830 e. The summed E-state index contributed by atoms with van der Waals surface area (Å²) in [5.41, 5.74) is 0. The summed E-state index contributed by atoms with van der Waals surface area (Å²) in [7, 11) is 0. The molecule has 0 amide bonds. The number of nitrogens with zero attached hydrogens (tertiary/aromatic N) is 1. The first-order valence-corrected chi connectivity index (χ1v) is 6.00. The van der Waals surface area contributed by atoms with E-state index >= 15 is 0 Å². The summed E-state index contributed by atoms with van der Waals surface area (Å²) in [6, 6.07) is 0.367. The Morgan fingerprint density at radius 1 is 1.47 bits per heavy atom. The van der Waals surface area contributed by atoms with E-state index in [2.05, 4.69) is 17.1 Å². The Balaban J connectivity index is 1.80. The van der Waals surface area contributed by atoms with Crippen LogP contribution in [0.5, 0.6) is 0 Å². The standard InChI is InChI=1S/C11H22N2O2/c1-9-5-12-6-11(15-9)7-13-4-2-3-10(13)8-14/h9-12,14H,2-8H2,1H3/t9-,10-,11+/m1/s1. The lowest BCUT2D eigenvalue weighted by Crippen LogP contribution is -2.49. The van der Waals surface area contributed by atoms with Gasteiger partial charge in [0.25, 0.3) is 0 Å². The first-order valence-electron chi connectivity index (χ1n) is 6.00. The van der Waals surface area contributed by atoms with Crippen LogP contribution in [0.1, 0.15) is 19.8 Å². The number of rotatable bonds is 3. The number of ether oxygens (including phenoxy) is 1. The van der Waals surface area contributed by atoms with Crippen LogP contribution in [0.15, 0.2) is 0 Å². The average molecular weight is 214 g/mol. The fourth-order valence-corrected chi connectivity index (χ4v) is 2.58. The minimum Gasteiger partial charge on any atom is -0.395 e. The van der Waals surface area contributed by atoms with Crippen LogP contribution >= 0.6 is 0 Å². The summed E-state index contributed by atoms with van der Waals surface area (Å²) >= 11 is 0. The van der Waals surface area contributed by atoms with E-state index in [0.717, 1.165) is 32.6 Å². The Kier molecular flexibility index (Phi) is 3.97. The van der Waals surface area contributed by atoms with E-state index in [1.54, 1.807) is 0 Å². The van der Waals surface area contributed by atoms with E-state index < -0.39 is 0 Å². The molecule has 2 N–H and O–H groups in total. The fourth-order valence-electron chi connectivity index (χ4n) is 2.58. The fraction of sp³-hybridized carbons (Fsp3) is 1.00. The zero-order valence-electron chi connectivity index (χ0n) is 9.48. The average Bonchev–Trinajstić information content (AvgIpc) is 2.65. The van der Waals surface area contributed by atoms with Gasteiger partial charge in [0.2, 0.25) is 0 Å². The molecule has 4 heteroatoms. The summed E-state index contributed by atoms with van der Waals surface area (Å²) in [6.07, 6.45) is 2.95. The monoisotopic (exact) mass is 214 g/mol. The Bertz CT molecular complexity index is 201. The highest BCUT2D eigenvalue weighted by Crippen LogP contribution is 2.18. The van der Waals surface area contributed by atoms with E-state index in [4.69, 9.17) is 4.74 Å². The van der Waals surface area contributed by atoms with Crippen molar-refractivity contribution in [3.05, 3.63) is 0 Å². The Labute approximate surface area is 91.6 Å². The van der Waals surface area contributed by atoms with E-state index in [0.29, 0.717) is 18.2 Å². The molecule has 2 heterocycles. The highest BCUT2D eigenvalue weighted by atomic mass is 16.5.